The lowest BCUT2D eigenvalue weighted by Crippen LogP contribution is -2.48. The van der Waals surface area contributed by atoms with Crippen molar-refractivity contribution >= 4 is 5.95 Å². The Morgan fingerprint density at radius 2 is 1.94 bits per heavy atom. The van der Waals surface area contributed by atoms with Crippen LogP contribution >= 0.6 is 0 Å². The summed E-state index contributed by atoms with van der Waals surface area (Å²) in [4.78, 5) is 11.0. The minimum atomic E-state index is 0.158. The number of hydrogen-bond donors (Lipinski definition) is 0. The zero-order chi connectivity index (χ0) is 12.4. The van der Waals surface area contributed by atoms with Crippen molar-refractivity contribution < 1.29 is 9.47 Å². The molecule has 2 saturated heterocycles. The third-order valence-corrected chi connectivity index (χ3v) is 3.52. The SMILES string of the molecule is Cc1cnc(N2CCOC(C3CCCO3)C2)nc1. The zero-order valence-electron chi connectivity index (χ0n) is 10.7. The molecule has 0 spiro atoms. The van der Waals surface area contributed by atoms with Crippen LogP contribution in [-0.4, -0.2) is 48.5 Å². The van der Waals surface area contributed by atoms with E-state index >= 15 is 0 Å². The molecule has 3 rings (SSSR count). The Labute approximate surface area is 107 Å². The van der Waals surface area contributed by atoms with E-state index in [-0.39, 0.29) is 12.2 Å². The van der Waals surface area contributed by atoms with E-state index in [2.05, 4.69) is 14.9 Å². The maximum absolute atomic E-state index is 5.82. The highest BCUT2D eigenvalue weighted by Gasteiger charge is 2.31. The number of ether oxygens (including phenoxy) is 2. The summed E-state index contributed by atoms with van der Waals surface area (Å²) in [5, 5.41) is 0. The predicted octanol–water partition coefficient (Wildman–Crippen LogP) is 1.17. The van der Waals surface area contributed by atoms with Crippen LogP contribution in [0.2, 0.25) is 0 Å². The average Bonchev–Trinajstić information content (AvgIpc) is 2.94. The second-order valence-electron chi connectivity index (χ2n) is 4.97. The molecule has 0 bridgehead atoms. The van der Waals surface area contributed by atoms with Crippen LogP contribution in [0.4, 0.5) is 5.95 Å². The molecular formula is C13H19N3O2. The fourth-order valence-electron chi connectivity index (χ4n) is 2.53. The Morgan fingerprint density at radius 3 is 2.67 bits per heavy atom. The first-order chi connectivity index (χ1) is 8.83. The van der Waals surface area contributed by atoms with Crippen molar-refractivity contribution in [2.45, 2.75) is 32.0 Å². The number of aromatic nitrogens is 2. The molecule has 98 valence electrons. The van der Waals surface area contributed by atoms with Crippen molar-refractivity contribution in [3.8, 4) is 0 Å². The standard InChI is InChI=1S/C13H19N3O2/c1-10-7-14-13(15-8-10)16-4-6-18-12(9-16)11-3-2-5-17-11/h7-8,11-12H,2-6,9H2,1H3. The molecule has 1 aromatic rings. The minimum absolute atomic E-state index is 0.158. The molecule has 2 atom stereocenters. The maximum Gasteiger partial charge on any atom is 0.225 e. The predicted molar refractivity (Wildman–Crippen MR) is 67.7 cm³/mol. The largest absolute Gasteiger partial charge is 0.375 e. The van der Waals surface area contributed by atoms with E-state index < -0.39 is 0 Å². The molecule has 0 saturated carbocycles. The molecule has 0 radical (unpaired) electrons. The van der Waals surface area contributed by atoms with Crippen molar-refractivity contribution in [1.29, 1.82) is 0 Å². The zero-order valence-corrected chi connectivity index (χ0v) is 10.7. The van der Waals surface area contributed by atoms with Gasteiger partial charge >= 0.3 is 0 Å². The van der Waals surface area contributed by atoms with Crippen LogP contribution in [-0.2, 0) is 9.47 Å². The van der Waals surface area contributed by atoms with Gasteiger partial charge in [-0.05, 0) is 25.3 Å². The molecule has 2 unspecified atom stereocenters. The average molecular weight is 249 g/mol. The topological polar surface area (TPSA) is 47.5 Å². The number of morpholine rings is 1. The van der Waals surface area contributed by atoms with E-state index in [1.807, 2.05) is 19.3 Å². The van der Waals surface area contributed by atoms with Crippen LogP contribution < -0.4 is 4.90 Å². The summed E-state index contributed by atoms with van der Waals surface area (Å²) in [7, 11) is 0. The monoisotopic (exact) mass is 249 g/mol. The molecule has 1 aromatic heterocycles. The Morgan fingerprint density at radius 1 is 1.17 bits per heavy atom. The van der Waals surface area contributed by atoms with Gasteiger partial charge in [0.25, 0.3) is 0 Å². The molecule has 2 fully saturated rings. The van der Waals surface area contributed by atoms with Gasteiger partial charge in [-0.25, -0.2) is 9.97 Å². The van der Waals surface area contributed by atoms with Crippen molar-refractivity contribution in [2.75, 3.05) is 31.2 Å². The van der Waals surface area contributed by atoms with Gasteiger partial charge in [0.2, 0.25) is 5.95 Å². The fraction of sp³-hybridized carbons (Fsp3) is 0.692. The first-order valence-corrected chi connectivity index (χ1v) is 6.60. The van der Waals surface area contributed by atoms with Crippen LogP contribution in [0.3, 0.4) is 0 Å². The minimum Gasteiger partial charge on any atom is -0.375 e. The van der Waals surface area contributed by atoms with Gasteiger partial charge in [0.1, 0.15) is 6.10 Å². The second kappa shape index (κ2) is 5.20. The molecule has 0 N–H and O–H groups in total. The molecule has 3 heterocycles. The smallest absolute Gasteiger partial charge is 0.225 e. The lowest BCUT2D eigenvalue weighted by atomic mass is 10.1. The van der Waals surface area contributed by atoms with E-state index in [9.17, 15) is 0 Å². The summed E-state index contributed by atoms with van der Waals surface area (Å²) in [5.41, 5.74) is 1.09. The first-order valence-electron chi connectivity index (χ1n) is 6.60. The molecule has 0 amide bonds. The molecule has 18 heavy (non-hydrogen) atoms. The van der Waals surface area contributed by atoms with Gasteiger partial charge in [0.05, 0.1) is 12.7 Å². The van der Waals surface area contributed by atoms with Crippen molar-refractivity contribution in [2.24, 2.45) is 0 Å². The first kappa shape index (κ1) is 11.9. The molecule has 0 aromatic carbocycles. The molecule has 5 nitrogen and oxygen atoms in total. The van der Waals surface area contributed by atoms with Gasteiger partial charge in [-0.1, -0.05) is 0 Å². The molecule has 5 heteroatoms. The third-order valence-electron chi connectivity index (χ3n) is 3.52. The lowest BCUT2D eigenvalue weighted by molar-refractivity contribution is -0.0545. The van der Waals surface area contributed by atoms with E-state index in [1.54, 1.807) is 0 Å². The van der Waals surface area contributed by atoms with Crippen molar-refractivity contribution in [3.63, 3.8) is 0 Å². The summed E-state index contributed by atoms with van der Waals surface area (Å²) in [6.45, 7) is 5.27. The third kappa shape index (κ3) is 2.47. The highest BCUT2D eigenvalue weighted by molar-refractivity contribution is 5.30. The van der Waals surface area contributed by atoms with E-state index in [4.69, 9.17) is 9.47 Å². The van der Waals surface area contributed by atoms with Gasteiger partial charge in [-0.3, -0.25) is 0 Å². The van der Waals surface area contributed by atoms with Gasteiger partial charge in [-0.15, -0.1) is 0 Å². The van der Waals surface area contributed by atoms with Gasteiger partial charge in [0.15, 0.2) is 0 Å². The summed E-state index contributed by atoms with van der Waals surface area (Å²) < 4.78 is 11.5. The van der Waals surface area contributed by atoms with Crippen molar-refractivity contribution in [3.05, 3.63) is 18.0 Å². The van der Waals surface area contributed by atoms with Gasteiger partial charge in [0, 0.05) is 32.1 Å². The Balaban J connectivity index is 1.67. The number of rotatable bonds is 2. The van der Waals surface area contributed by atoms with Gasteiger partial charge in [-0.2, -0.15) is 0 Å². The van der Waals surface area contributed by atoms with Crippen molar-refractivity contribution in [1.82, 2.24) is 9.97 Å². The molecule has 2 aliphatic rings. The summed E-state index contributed by atoms with van der Waals surface area (Å²) in [5.74, 6) is 0.798. The molecular weight excluding hydrogens is 230 g/mol. The summed E-state index contributed by atoms with van der Waals surface area (Å²) in [6.07, 6.45) is 6.38. The Kier molecular flexibility index (Phi) is 3.43. The Bertz CT molecular complexity index is 390. The van der Waals surface area contributed by atoms with E-state index in [1.165, 1.54) is 0 Å². The normalized spacial score (nSPS) is 28.6. The number of anilines is 1. The number of hydrogen-bond acceptors (Lipinski definition) is 5. The molecule has 0 aliphatic carbocycles. The van der Waals surface area contributed by atoms with Crippen LogP contribution in [0.1, 0.15) is 18.4 Å². The number of aryl methyl sites for hydroxylation is 1. The van der Waals surface area contributed by atoms with Crippen LogP contribution in [0.25, 0.3) is 0 Å². The van der Waals surface area contributed by atoms with Crippen LogP contribution in [0.15, 0.2) is 12.4 Å². The highest BCUT2D eigenvalue weighted by Crippen LogP contribution is 2.22. The Hall–Kier alpha value is -1.20. The maximum atomic E-state index is 5.82. The summed E-state index contributed by atoms with van der Waals surface area (Å²) in [6, 6.07) is 0. The highest BCUT2D eigenvalue weighted by atomic mass is 16.5. The number of nitrogens with zero attached hydrogens (tertiary/aromatic N) is 3. The van der Waals surface area contributed by atoms with Crippen LogP contribution in [0, 0.1) is 6.92 Å². The second-order valence-corrected chi connectivity index (χ2v) is 4.97. The quantitative estimate of drug-likeness (QED) is 0.787. The van der Waals surface area contributed by atoms with Crippen LogP contribution in [0.5, 0.6) is 0 Å². The van der Waals surface area contributed by atoms with Gasteiger partial charge < -0.3 is 14.4 Å². The van der Waals surface area contributed by atoms with E-state index in [0.717, 1.165) is 50.7 Å². The lowest BCUT2D eigenvalue weighted by Gasteiger charge is -2.35. The molecule has 2 aliphatic heterocycles. The summed E-state index contributed by atoms with van der Waals surface area (Å²) >= 11 is 0. The fourth-order valence-corrected chi connectivity index (χ4v) is 2.53. The van der Waals surface area contributed by atoms with E-state index in [0.29, 0.717) is 0 Å².